The van der Waals surface area contributed by atoms with Crippen molar-refractivity contribution in [2.75, 3.05) is 0 Å². The smallest absolute Gasteiger partial charge is 0.147 e. The van der Waals surface area contributed by atoms with Crippen molar-refractivity contribution in [2.45, 2.75) is 27.7 Å². The van der Waals surface area contributed by atoms with Crippen LogP contribution in [0.1, 0.15) is 27.7 Å². The van der Waals surface area contributed by atoms with Crippen molar-refractivity contribution in [3.05, 3.63) is 39.6 Å². The molecule has 7 heteroatoms. The molecule has 0 saturated carbocycles. The van der Waals surface area contributed by atoms with Gasteiger partial charge in [0.1, 0.15) is 0 Å². The molecule has 2 rings (SSSR count). The Kier molecular flexibility index (Phi) is 8.00. The molecule has 0 aliphatic heterocycles. The van der Waals surface area contributed by atoms with E-state index in [2.05, 4.69) is 27.7 Å². The molecule has 2 atom stereocenters. The zero-order valence-electron chi connectivity index (χ0n) is 13.4. The van der Waals surface area contributed by atoms with Crippen LogP contribution in [0.25, 0.3) is 0 Å². The Bertz CT molecular complexity index is 530. The molecule has 0 amide bonds. The van der Waals surface area contributed by atoms with E-state index in [1.54, 1.807) is 0 Å². The summed E-state index contributed by atoms with van der Waals surface area (Å²) in [5.74, 6) is 1.94. The maximum atomic E-state index is 10.4. The van der Waals surface area contributed by atoms with Gasteiger partial charge in [0.05, 0.1) is 0 Å². The Balaban J connectivity index is 0.00000200. The zero-order valence-corrected chi connectivity index (χ0v) is 21.5. The van der Waals surface area contributed by atoms with Crippen molar-refractivity contribution in [1.29, 1.82) is 0 Å². The van der Waals surface area contributed by atoms with Crippen molar-refractivity contribution < 1.29 is 33.4 Å². The van der Waals surface area contributed by atoms with Crippen molar-refractivity contribution in [1.82, 2.24) is 0 Å². The van der Waals surface area contributed by atoms with E-state index in [-0.39, 0.29) is 24.8 Å². The summed E-state index contributed by atoms with van der Waals surface area (Å²) in [6, 6.07) is 0. The van der Waals surface area contributed by atoms with Gasteiger partial charge in [-0.2, -0.15) is 0 Å². The summed E-state index contributed by atoms with van der Waals surface area (Å²) in [6.07, 6.45) is 0. The number of rotatable bonds is 2. The first kappa shape index (κ1) is 21.5. The van der Waals surface area contributed by atoms with Crippen LogP contribution >= 0.6 is 24.8 Å². The largest absolute Gasteiger partial charge is 0.147 e. The Labute approximate surface area is 157 Å². The molecule has 2 unspecified atom stereocenters. The minimum Gasteiger partial charge on any atom is -0.147 e. The number of halogens is 2. The molecule has 0 saturated heterocycles. The SMILES string of the molecule is CC1=C([SiH3])C(O)=[C]([Zr][C]2=C(O)C([SiH3])=C(C)C2C)C1C.Cl.Cl. The Morgan fingerprint density at radius 1 is 0.810 bits per heavy atom. The molecular formula is C14H24Cl2O2Si2Zr. The first-order valence-electron chi connectivity index (χ1n) is 6.76. The van der Waals surface area contributed by atoms with Gasteiger partial charge in [0.15, 0.2) is 0 Å². The van der Waals surface area contributed by atoms with Crippen LogP contribution in [0, 0.1) is 11.8 Å². The van der Waals surface area contributed by atoms with E-state index >= 15 is 0 Å². The third kappa shape index (κ3) is 3.53. The molecule has 0 spiro atoms. The van der Waals surface area contributed by atoms with Crippen molar-refractivity contribution in [3.63, 3.8) is 0 Å². The van der Waals surface area contributed by atoms with Gasteiger partial charge >= 0.3 is 133 Å². The summed E-state index contributed by atoms with van der Waals surface area (Å²) in [7, 11) is 1.83. The van der Waals surface area contributed by atoms with Crippen LogP contribution in [-0.4, -0.2) is 30.7 Å². The molecule has 0 aromatic rings. The molecule has 0 heterocycles. The molecule has 21 heavy (non-hydrogen) atoms. The van der Waals surface area contributed by atoms with E-state index < -0.39 is 23.2 Å². The second-order valence-electron chi connectivity index (χ2n) is 5.71. The molecular weight excluding hydrogens is 418 g/mol. The molecule has 0 aromatic heterocycles. The fourth-order valence-corrected chi connectivity index (χ4v) is 9.73. The summed E-state index contributed by atoms with van der Waals surface area (Å²) in [6.45, 7) is 8.69. The van der Waals surface area contributed by atoms with E-state index in [0.717, 1.165) is 20.5 Å². The predicted octanol–water partition coefficient (Wildman–Crippen LogP) is 2.03. The normalized spacial score (nSPS) is 25.7. The molecule has 0 radical (unpaired) electrons. The summed E-state index contributed by atoms with van der Waals surface area (Å²) in [5.41, 5.74) is 2.70. The van der Waals surface area contributed by atoms with E-state index in [1.807, 2.05) is 0 Å². The summed E-state index contributed by atoms with van der Waals surface area (Å²) in [4.78, 5) is 0. The van der Waals surface area contributed by atoms with Crippen LogP contribution in [0.2, 0.25) is 0 Å². The van der Waals surface area contributed by atoms with Crippen LogP contribution in [0.4, 0.5) is 0 Å². The number of hydrogen-bond acceptors (Lipinski definition) is 2. The number of hydrogen-bond donors (Lipinski definition) is 2. The molecule has 118 valence electrons. The third-order valence-electron chi connectivity index (χ3n) is 4.84. The molecule has 0 bridgehead atoms. The standard InChI is InChI=1S/2C7H11OSi.2ClH.Zr/c2*1-4-3-6(8)7(9)5(4)2;;;/h2*4,8H,1-2,9H3;2*1H;. The minimum atomic E-state index is -1.06. The van der Waals surface area contributed by atoms with Gasteiger partial charge in [-0.3, -0.25) is 0 Å². The van der Waals surface area contributed by atoms with Gasteiger partial charge < -0.3 is 0 Å². The maximum absolute atomic E-state index is 10.4. The fourth-order valence-electron chi connectivity index (χ4n) is 2.75. The van der Waals surface area contributed by atoms with Gasteiger partial charge in [0.2, 0.25) is 0 Å². The predicted molar refractivity (Wildman–Crippen MR) is 97.4 cm³/mol. The fraction of sp³-hybridized carbons (Fsp3) is 0.429. The van der Waals surface area contributed by atoms with Crippen LogP contribution in [0.3, 0.4) is 0 Å². The molecule has 2 N–H and O–H groups in total. The average Bonchev–Trinajstić information content (AvgIpc) is 2.68. The van der Waals surface area contributed by atoms with Gasteiger partial charge in [0.25, 0.3) is 0 Å². The zero-order chi connectivity index (χ0) is 14.5. The Morgan fingerprint density at radius 3 is 1.29 bits per heavy atom. The van der Waals surface area contributed by atoms with Gasteiger partial charge in [0, 0.05) is 0 Å². The van der Waals surface area contributed by atoms with Gasteiger partial charge in [-0.15, -0.1) is 24.8 Å². The second-order valence-corrected chi connectivity index (χ2v) is 11.0. The van der Waals surface area contributed by atoms with Crippen molar-refractivity contribution in [2.24, 2.45) is 11.8 Å². The molecule has 2 nitrogen and oxygen atoms in total. The monoisotopic (exact) mass is 440 g/mol. The minimum absolute atomic E-state index is 0. The molecule has 0 fully saturated rings. The summed E-state index contributed by atoms with van der Waals surface area (Å²) < 4.78 is 2.53. The summed E-state index contributed by atoms with van der Waals surface area (Å²) >= 11 is -1.06. The molecule has 0 aromatic carbocycles. The van der Waals surface area contributed by atoms with Gasteiger partial charge in [-0.1, -0.05) is 0 Å². The van der Waals surface area contributed by atoms with Gasteiger partial charge in [-0.25, -0.2) is 0 Å². The van der Waals surface area contributed by atoms with E-state index in [4.69, 9.17) is 0 Å². The number of aliphatic hydroxyl groups is 2. The third-order valence-corrected chi connectivity index (χ3v) is 12.0. The topological polar surface area (TPSA) is 40.5 Å². The van der Waals surface area contributed by atoms with E-state index in [1.165, 1.54) is 28.1 Å². The molecule has 2 aliphatic rings. The van der Waals surface area contributed by atoms with Crippen LogP contribution < -0.4 is 0 Å². The second kappa shape index (κ2) is 7.83. The quantitative estimate of drug-likeness (QED) is 0.643. The van der Waals surface area contributed by atoms with Crippen LogP contribution in [0.15, 0.2) is 39.6 Å². The first-order valence-corrected chi connectivity index (χ1v) is 11.2. The van der Waals surface area contributed by atoms with Crippen LogP contribution in [-0.2, 0) is 23.2 Å². The number of allylic oxidation sites excluding steroid dienone is 6. The maximum Gasteiger partial charge on any atom is -0.147 e. The Hall–Kier alpha value is 0.457. The first-order chi connectivity index (χ1) is 8.77. The van der Waals surface area contributed by atoms with Crippen molar-refractivity contribution in [3.8, 4) is 0 Å². The van der Waals surface area contributed by atoms with E-state index in [9.17, 15) is 10.2 Å². The van der Waals surface area contributed by atoms with Crippen molar-refractivity contribution >= 4 is 45.3 Å². The average molecular weight is 443 g/mol. The van der Waals surface area contributed by atoms with Gasteiger partial charge in [-0.05, 0) is 0 Å². The summed E-state index contributed by atoms with van der Waals surface area (Å²) in [5, 5.41) is 23.1. The number of aliphatic hydroxyl groups excluding tert-OH is 2. The van der Waals surface area contributed by atoms with E-state index in [0.29, 0.717) is 23.4 Å². The molecule has 2 aliphatic carbocycles. The Morgan fingerprint density at radius 2 is 1.10 bits per heavy atom. The van der Waals surface area contributed by atoms with Crippen LogP contribution in [0.5, 0.6) is 0 Å².